The Hall–Kier alpha value is -2.07. The number of carbonyl (C=O) groups excluding carboxylic acids is 1. The van der Waals surface area contributed by atoms with Gasteiger partial charge >= 0.3 is 6.03 Å². The summed E-state index contributed by atoms with van der Waals surface area (Å²) >= 11 is 3.55. The largest absolute Gasteiger partial charge is 0.323 e. The zero-order chi connectivity index (χ0) is 16.0. The molecule has 1 aliphatic heterocycles. The third-order valence-electron chi connectivity index (χ3n) is 4.93. The lowest BCUT2D eigenvalue weighted by Gasteiger charge is -2.40. The van der Waals surface area contributed by atoms with E-state index >= 15 is 0 Å². The van der Waals surface area contributed by atoms with Gasteiger partial charge in [0.2, 0.25) is 0 Å². The first-order chi connectivity index (χ1) is 11.1. The lowest BCUT2D eigenvalue weighted by atomic mass is 9.69. The quantitative estimate of drug-likeness (QED) is 0.777. The van der Waals surface area contributed by atoms with Gasteiger partial charge in [-0.05, 0) is 47.6 Å². The Morgan fingerprint density at radius 1 is 1.17 bits per heavy atom. The second-order valence-corrected chi connectivity index (χ2v) is 7.20. The molecule has 2 N–H and O–H groups in total. The second kappa shape index (κ2) is 5.24. The van der Waals surface area contributed by atoms with Crippen LogP contribution in [0.2, 0.25) is 0 Å². The van der Waals surface area contributed by atoms with Crippen LogP contribution in [0, 0.1) is 0 Å². The molecule has 4 rings (SSSR count). The maximum absolute atomic E-state index is 12.0. The van der Waals surface area contributed by atoms with Crippen molar-refractivity contribution in [3.05, 3.63) is 82.0 Å². The van der Waals surface area contributed by atoms with E-state index in [0.717, 1.165) is 28.6 Å². The van der Waals surface area contributed by atoms with E-state index in [1.807, 2.05) is 6.07 Å². The fourth-order valence-electron chi connectivity index (χ4n) is 3.85. The Balaban J connectivity index is 1.86. The molecule has 2 unspecified atom stereocenters. The van der Waals surface area contributed by atoms with Crippen LogP contribution < -0.4 is 10.6 Å². The zero-order valence-corrected chi connectivity index (χ0v) is 14.2. The average molecular weight is 369 g/mol. The summed E-state index contributed by atoms with van der Waals surface area (Å²) in [6.45, 7) is 4.13. The number of hydrogen-bond donors (Lipinski definition) is 2. The van der Waals surface area contributed by atoms with Gasteiger partial charge in [-0.2, -0.15) is 0 Å². The van der Waals surface area contributed by atoms with Crippen LogP contribution in [-0.4, -0.2) is 6.03 Å². The molecule has 0 aromatic heterocycles. The summed E-state index contributed by atoms with van der Waals surface area (Å²) < 4.78 is 1.02. The lowest BCUT2D eigenvalue weighted by Crippen LogP contribution is -2.44. The lowest BCUT2D eigenvalue weighted by molar-refractivity contribution is 0.241. The van der Waals surface area contributed by atoms with Gasteiger partial charge in [0.1, 0.15) is 5.54 Å². The Bertz CT molecular complexity index is 802. The van der Waals surface area contributed by atoms with E-state index < -0.39 is 5.54 Å². The van der Waals surface area contributed by atoms with Gasteiger partial charge in [0.15, 0.2) is 0 Å². The topological polar surface area (TPSA) is 41.1 Å². The summed E-state index contributed by atoms with van der Waals surface area (Å²) in [7, 11) is 0. The minimum absolute atomic E-state index is 0.172. The van der Waals surface area contributed by atoms with Crippen molar-refractivity contribution in [3.63, 3.8) is 0 Å². The molecule has 1 fully saturated rings. The van der Waals surface area contributed by atoms with Crippen molar-refractivity contribution in [1.82, 2.24) is 10.6 Å². The summed E-state index contributed by atoms with van der Waals surface area (Å²) in [6.07, 6.45) is 1.79. The van der Waals surface area contributed by atoms with Crippen molar-refractivity contribution < 1.29 is 4.79 Å². The van der Waals surface area contributed by atoms with Crippen LogP contribution in [0.5, 0.6) is 0 Å². The van der Waals surface area contributed by atoms with E-state index in [1.165, 1.54) is 11.1 Å². The number of fused-ring (bicyclic) bond motifs is 2. The molecule has 116 valence electrons. The predicted molar refractivity (Wildman–Crippen MR) is 94.1 cm³/mol. The Kier molecular flexibility index (Phi) is 3.31. The number of nitrogens with one attached hydrogen (secondary N) is 2. The van der Waals surface area contributed by atoms with E-state index in [-0.39, 0.29) is 6.03 Å². The zero-order valence-electron chi connectivity index (χ0n) is 12.6. The van der Waals surface area contributed by atoms with Crippen LogP contribution >= 0.6 is 15.9 Å². The summed E-state index contributed by atoms with van der Waals surface area (Å²) in [5, 5.41) is 5.98. The molecule has 1 saturated heterocycles. The van der Waals surface area contributed by atoms with Gasteiger partial charge in [-0.15, -0.1) is 0 Å². The minimum atomic E-state index is -0.533. The maximum atomic E-state index is 12.0. The standard InChI is InChI=1S/C19H17BrN2O/c1-12-19(22-18(23)21-12)11-15(13-5-3-2-4-6-13)9-14-7-8-16(20)10-17(14)19/h2-8,10,15H,1,9,11H2,(H2,21,22,23). The highest BCUT2D eigenvalue weighted by Crippen LogP contribution is 2.47. The predicted octanol–water partition coefficient (Wildman–Crippen LogP) is 4.20. The van der Waals surface area contributed by atoms with Crippen LogP contribution in [0.4, 0.5) is 4.79 Å². The number of halogens is 1. The van der Waals surface area contributed by atoms with E-state index in [1.54, 1.807) is 0 Å². The van der Waals surface area contributed by atoms with Crippen molar-refractivity contribution in [3.8, 4) is 0 Å². The minimum Gasteiger partial charge on any atom is -0.323 e. The number of urea groups is 1. The molecule has 0 radical (unpaired) electrons. The number of benzene rings is 2. The molecule has 2 atom stereocenters. The smallest absolute Gasteiger partial charge is 0.320 e. The van der Waals surface area contributed by atoms with E-state index in [9.17, 15) is 4.79 Å². The first-order valence-electron chi connectivity index (χ1n) is 7.71. The summed E-state index contributed by atoms with van der Waals surface area (Å²) in [5.41, 5.74) is 3.91. The SMILES string of the molecule is C=C1NC(=O)NC12CC(c1ccccc1)Cc1ccc(Br)cc12. The van der Waals surface area contributed by atoms with Crippen molar-refractivity contribution in [2.45, 2.75) is 24.3 Å². The van der Waals surface area contributed by atoms with Gasteiger partial charge in [-0.1, -0.05) is 58.9 Å². The van der Waals surface area contributed by atoms with E-state index in [4.69, 9.17) is 0 Å². The Morgan fingerprint density at radius 2 is 1.96 bits per heavy atom. The Labute approximate surface area is 143 Å². The highest BCUT2D eigenvalue weighted by Gasteiger charge is 2.48. The van der Waals surface area contributed by atoms with E-state index in [0.29, 0.717) is 5.92 Å². The number of rotatable bonds is 1. The van der Waals surface area contributed by atoms with Crippen molar-refractivity contribution in [1.29, 1.82) is 0 Å². The van der Waals surface area contributed by atoms with Gasteiger partial charge in [0, 0.05) is 10.2 Å². The molecular weight excluding hydrogens is 352 g/mol. The molecule has 2 aromatic rings. The van der Waals surface area contributed by atoms with Gasteiger partial charge in [0.25, 0.3) is 0 Å². The fourth-order valence-corrected chi connectivity index (χ4v) is 4.21. The number of hydrogen-bond acceptors (Lipinski definition) is 1. The summed E-state index contributed by atoms with van der Waals surface area (Å²) in [4.78, 5) is 12.0. The average Bonchev–Trinajstić information content (AvgIpc) is 2.83. The van der Waals surface area contributed by atoms with Crippen LogP contribution in [0.1, 0.15) is 29.0 Å². The molecule has 2 amide bonds. The Morgan fingerprint density at radius 3 is 2.65 bits per heavy atom. The third-order valence-corrected chi connectivity index (χ3v) is 5.42. The normalized spacial score (nSPS) is 25.9. The molecule has 0 bridgehead atoms. The van der Waals surface area contributed by atoms with Gasteiger partial charge in [0.05, 0.1) is 0 Å². The molecule has 1 heterocycles. The maximum Gasteiger partial charge on any atom is 0.320 e. The molecule has 23 heavy (non-hydrogen) atoms. The molecular formula is C19H17BrN2O. The number of carbonyl (C=O) groups is 1. The summed E-state index contributed by atoms with van der Waals surface area (Å²) in [5.74, 6) is 0.349. The molecule has 1 spiro atoms. The molecule has 0 saturated carbocycles. The first kappa shape index (κ1) is 14.5. The molecule has 2 aromatic carbocycles. The molecule has 1 aliphatic carbocycles. The summed E-state index contributed by atoms with van der Waals surface area (Å²) in [6, 6.07) is 16.6. The van der Waals surface area contributed by atoms with E-state index in [2.05, 4.69) is 75.6 Å². The van der Waals surface area contributed by atoms with Crippen molar-refractivity contribution >= 4 is 22.0 Å². The van der Waals surface area contributed by atoms with Gasteiger partial charge in [-0.3, -0.25) is 0 Å². The van der Waals surface area contributed by atoms with Crippen LogP contribution in [0.25, 0.3) is 0 Å². The highest BCUT2D eigenvalue weighted by molar-refractivity contribution is 9.10. The molecule has 4 heteroatoms. The second-order valence-electron chi connectivity index (χ2n) is 6.28. The molecule has 3 nitrogen and oxygen atoms in total. The van der Waals surface area contributed by atoms with Crippen LogP contribution in [0.15, 0.2) is 65.3 Å². The number of amides is 2. The van der Waals surface area contributed by atoms with Crippen LogP contribution in [0.3, 0.4) is 0 Å². The first-order valence-corrected chi connectivity index (χ1v) is 8.50. The van der Waals surface area contributed by atoms with Crippen molar-refractivity contribution in [2.24, 2.45) is 0 Å². The third kappa shape index (κ3) is 2.29. The van der Waals surface area contributed by atoms with Gasteiger partial charge in [-0.25, -0.2) is 4.79 Å². The van der Waals surface area contributed by atoms with Crippen LogP contribution in [-0.2, 0) is 12.0 Å². The molecule has 2 aliphatic rings. The monoisotopic (exact) mass is 368 g/mol. The highest BCUT2D eigenvalue weighted by atomic mass is 79.9. The fraction of sp³-hybridized carbons (Fsp3) is 0.211. The van der Waals surface area contributed by atoms with Crippen molar-refractivity contribution in [2.75, 3.05) is 0 Å². The van der Waals surface area contributed by atoms with Gasteiger partial charge < -0.3 is 10.6 Å².